The smallest absolute Gasteiger partial charge is 0.343 e. The predicted octanol–water partition coefficient (Wildman–Crippen LogP) is 2.46. The molecule has 3 aromatic rings. The van der Waals surface area contributed by atoms with E-state index < -0.39 is 23.6 Å². The summed E-state index contributed by atoms with van der Waals surface area (Å²) in [7, 11) is 1.29. The van der Waals surface area contributed by atoms with Gasteiger partial charge in [0.05, 0.1) is 24.2 Å². The number of nitrogens with two attached hydrogens (primary N) is 1. The zero-order valence-electron chi connectivity index (χ0n) is 16.3. The summed E-state index contributed by atoms with van der Waals surface area (Å²) in [6, 6.07) is 15.1. The Morgan fingerprint density at radius 2 is 1.90 bits per heavy atom. The number of carbonyl (C=O) groups excluding carboxylic acids is 3. The van der Waals surface area contributed by atoms with Gasteiger partial charge in [0, 0.05) is 11.8 Å². The van der Waals surface area contributed by atoms with E-state index in [0.29, 0.717) is 23.3 Å². The number of amides is 1. The van der Waals surface area contributed by atoms with Gasteiger partial charge in [-0.2, -0.15) is 0 Å². The SMILES string of the molecule is COC(=O)COc1cccn2c3c(cc12)C(C(=O)C(N)=O)CC=C3c1ccccc1. The largest absolute Gasteiger partial charge is 0.480 e. The van der Waals surface area contributed by atoms with Crippen LogP contribution in [0.15, 0.2) is 60.8 Å². The van der Waals surface area contributed by atoms with Crippen LogP contribution < -0.4 is 10.5 Å². The van der Waals surface area contributed by atoms with Crippen molar-refractivity contribution in [1.29, 1.82) is 0 Å². The second-order valence-electron chi connectivity index (χ2n) is 6.94. The van der Waals surface area contributed by atoms with Crippen LogP contribution in [0.2, 0.25) is 0 Å². The van der Waals surface area contributed by atoms with Crippen LogP contribution in [0.1, 0.15) is 29.2 Å². The summed E-state index contributed by atoms with van der Waals surface area (Å²) >= 11 is 0. The minimum absolute atomic E-state index is 0.239. The number of Topliss-reactive ketones (excluding diaryl/α,β-unsaturated/α-hetero) is 1. The quantitative estimate of drug-likeness (QED) is 0.503. The number of allylic oxidation sites excluding steroid dienone is 1. The second-order valence-corrected chi connectivity index (χ2v) is 6.94. The van der Waals surface area contributed by atoms with E-state index in [0.717, 1.165) is 16.8 Å². The Morgan fingerprint density at radius 3 is 2.60 bits per heavy atom. The fourth-order valence-corrected chi connectivity index (χ4v) is 3.81. The Kier molecular flexibility index (Phi) is 5.10. The highest BCUT2D eigenvalue weighted by atomic mass is 16.6. The number of methoxy groups -OCH3 is 1. The van der Waals surface area contributed by atoms with Crippen molar-refractivity contribution in [3.05, 3.63) is 77.6 Å². The van der Waals surface area contributed by atoms with Gasteiger partial charge < -0.3 is 19.6 Å². The number of carbonyl (C=O) groups is 3. The van der Waals surface area contributed by atoms with E-state index in [1.165, 1.54) is 7.11 Å². The van der Waals surface area contributed by atoms with E-state index in [1.807, 2.05) is 53.1 Å². The number of primary amides is 1. The predicted molar refractivity (Wildman–Crippen MR) is 110 cm³/mol. The first-order valence-corrected chi connectivity index (χ1v) is 9.44. The molecule has 1 aromatic carbocycles. The van der Waals surface area contributed by atoms with Gasteiger partial charge in [0.15, 0.2) is 6.61 Å². The molecule has 0 spiro atoms. The third kappa shape index (κ3) is 3.34. The normalized spacial score (nSPS) is 15.2. The number of hydrogen-bond donors (Lipinski definition) is 1. The van der Waals surface area contributed by atoms with Crippen LogP contribution in [0.4, 0.5) is 0 Å². The first kappa shape index (κ1) is 19.4. The number of fused-ring (bicyclic) bond motifs is 3. The van der Waals surface area contributed by atoms with Crippen LogP contribution in [-0.4, -0.2) is 35.8 Å². The number of aromatic nitrogens is 1. The van der Waals surface area contributed by atoms with Crippen molar-refractivity contribution in [2.45, 2.75) is 12.3 Å². The summed E-state index contributed by atoms with van der Waals surface area (Å²) in [4.78, 5) is 35.6. The zero-order chi connectivity index (χ0) is 21.3. The Hall–Kier alpha value is -3.87. The average Bonchev–Trinajstić information content (AvgIpc) is 3.17. The van der Waals surface area contributed by atoms with Crippen LogP contribution in [0, 0.1) is 0 Å². The average molecular weight is 404 g/mol. The molecule has 152 valence electrons. The van der Waals surface area contributed by atoms with Crippen LogP contribution in [0.25, 0.3) is 11.1 Å². The van der Waals surface area contributed by atoms with Gasteiger partial charge in [-0.1, -0.05) is 36.4 Å². The third-order valence-corrected chi connectivity index (χ3v) is 5.21. The molecule has 1 atom stereocenters. The fourth-order valence-electron chi connectivity index (χ4n) is 3.81. The van der Waals surface area contributed by atoms with Crippen LogP contribution in [0.3, 0.4) is 0 Å². The molecule has 2 heterocycles. The topological polar surface area (TPSA) is 100 Å². The lowest BCUT2D eigenvalue weighted by molar-refractivity contribution is -0.142. The summed E-state index contributed by atoms with van der Waals surface area (Å²) < 4.78 is 12.2. The molecule has 1 amide bonds. The molecule has 1 aliphatic rings. The lowest BCUT2D eigenvalue weighted by Crippen LogP contribution is -2.30. The minimum atomic E-state index is -0.958. The molecule has 7 nitrogen and oxygen atoms in total. The second kappa shape index (κ2) is 7.87. The van der Waals surface area contributed by atoms with Crippen molar-refractivity contribution in [1.82, 2.24) is 4.40 Å². The molecule has 2 N–H and O–H groups in total. The molecule has 0 radical (unpaired) electrons. The number of nitrogens with zero attached hydrogens (tertiary/aromatic N) is 1. The number of ether oxygens (including phenoxy) is 2. The van der Waals surface area contributed by atoms with Crippen molar-refractivity contribution in [2.24, 2.45) is 5.73 Å². The molecule has 0 saturated carbocycles. The fraction of sp³-hybridized carbons (Fsp3) is 0.174. The van der Waals surface area contributed by atoms with Gasteiger partial charge in [-0.25, -0.2) is 4.79 Å². The molecule has 0 saturated heterocycles. The minimum Gasteiger partial charge on any atom is -0.480 e. The van der Waals surface area contributed by atoms with E-state index in [1.54, 1.807) is 12.1 Å². The molecule has 0 fully saturated rings. The highest BCUT2D eigenvalue weighted by molar-refractivity contribution is 6.38. The van der Waals surface area contributed by atoms with E-state index in [2.05, 4.69) is 4.74 Å². The molecule has 1 unspecified atom stereocenters. The third-order valence-electron chi connectivity index (χ3n) is 5.21. The molecular formula is C23H20N2O5. The Morgan fingerprint density at radius 1 is 1.13 bits per heavy atom. The van der Waals surface area contributed by atoms with Gasteiger partial charge in [-0.15, -0.1) is 0 Å². The van der Waals surface area contributed by atoms with E-state index in [9.17, 15) is 14.4 Å². The van der Waals surface area contributed by atoms with Gasteiger partial charge in [-0.05, 0) is 35.7 Å². The molecule has 1 aliphatic carbocycles. The maximum absolute atomic E-state index is 12.5. The molecule has 30 heavy (non-hydrogen) atoms. The number of pyridine rings is 1. The van der Waals surface area contributed by atoms with Crippen LogP contribution in [-0.2, 0) is 19.1 Å². The van der Waals surface area contributed by atoms with Gasteiger partial charge in [0.2, 0.25) is 5.78 Å². The van der Waals surface area contributed by atoms with Crippen molar-refractivity contribution < 1.29 is 23.9 Å². The standard InChI is InChI=1S/C23H20N2O5/c1-29-20(26)13-30-19-8-5-11-25-18(19)12-17-16(22(27)23(24)28)10-9-15(21(17)25)14-6-3-2-4-7-14/h2-9,11-12,16H,10,13H2,1H3,(H2,24,28). The monoisotopic (exact) mass is 404 g/mol. The number of esters is 1. The molecule has 4 rings (SSSR count). The lowest BCUT2D eigenvalue weighted by atomic mass is 9.82. The van der Waals surface area contributed by atoms with Crippen LogP contribution >= 0.6 is 0 Å². The number of ketones is 1. The van der Waals surface area contributed by atoms with Gasteiger partial charge in [0.25, 0.3) is 5.91 Å². The maximum atomic E-state index is 12.5. The molecule has 0 aliphatic heterocycles. The van der Waals surface area contributed by atoms with E-state index >= 15 is 0 Å². The Bertz CT molecular complexity index is 1180. The molecule has 7 heteroatoms. The number of rotatable bonds is 6. The van der Waals surface area contributed by atoms with Crippen LogP contribution in [0.5, 0.6) is 5.75 Å². The zero-order valence-corrected chi connectivity index (χ0v) is 16.3. The highest BCUT2D eigenvalue weighted by Crippen LogP contribution is 2.41. The molecule has 2 aromatic heterocycles. The van der Waals surface area contributed by atoms with Gasteiger partial charge >= 0.3 is 5.97 Å². The van der Waals surface area contributed by atoms with E-state index in [4.69, 9.17) is 10.5 Å². The number of hydrogen-bond acceptors (Lipinski definition) is 5. The Labute approximate surface area is 172 Å². The van der Waals surface area contributed by atoms with Crippen molar-refractivity contribution in [2.75, 3.05) is 13.7 Å². The summed E-state index contributed by atoms with van der Waals surface area (Å²) in [5.74, 6) is -2.29. The molecule has 0 bridgehead atoms. The summed E-state index contributed by atoms with van der Waals surface area (Å²) in [5.41, 5.74) is 9.41. The van der Waals surface area contributed by atoms with Crippen molar-refractivity contribution in [3.63, 3.8) is 0 Å². The summed E-state index contributed by atoms with van der Waals surface area (Å²) in [6.45, 7) is -0.239. The molecular weight excluding hydrogens is 384 g/mol. The van der Waals surface area contributed by atoms with Crippen molar-refractivity contribution in [3.8, 4) is 5.75 Å². The first-order valence-electron chi connectivity index (χ1n) is 9.44. The summed E-state index contributed by atoms with van der Waals surface area (Å²) in [6.07, 6.45) is 4.18. The Balaban J connectivity index is 1.89. The van der Waals surface area contributed by atoms with Crippen molar-refractivity contribution >= 4 is 28.7 Å². The number of benzene rings is 1. The highest BCUT2D eigenvalue weighted by Gasteiger charge is 2.33. The van der Waals surface area contributed by atoms with Gasteiger partial charge in [-0.3, -0.25) is 9.59 Å². The van der Waals surface area contributed by atoms with Gasteiger partial charge in [0.1, 0.15) is 5.75 Å². The van der Waals surface area contributed by atoms with E-state index in [-0.39, 0.29) is 6.61 Å². The maximum Gasteiger partial charge on any atom is 0.343 e. The lowest BCUT2D eigenvalue weighted by Gasteiger charge is -2.22. The summed E-state index contributed by atoms with van der Waals surface area (Å²) in [5, 5.41) is 0. The first-order chi connectivity index (χ1) is 14.5.